The van der Waals surface area contributed by atoms with Crippen LogP contribution in [0.25, 0.3) is 22.4 Å². The molecule has 0 fully saturated rings. The van der Waals surface area contributed by atoms with Crippen molar-refractivity contribution in [3.63, 3.8) is 0 Å². The van der Waals surface area contributed by atoms with Crippen LogP contribution >= 0.6 is 0 Å². The van der Waals surface area contributed by atoms with Crippen LogP contribution in [0.1, 0.15) is 12.5 Å². The number of halogens is 1. The molecule has 2 aromatic heterocycles. The molecular weight excluding hydrogens is 465 g/mol. The smallest absolute Gasteiger partial charge is 0.437 e. The van der Waals surface area contributed by atoms with Crippen LogP contribution in [0.2, 0.25) is 0 Å². The van der Waals surface area contributed by atoms with E-state index in [-0.39, 0.29) is 24.7 Å². The topological polar surface area (TPSA) is 143 Å². The number of anilines is 1. The van der Waals surface area contributed by atoms with Gasteiger partial charge in [-0.05, 0) is 43.3 Å². The van der Waals surface area contributed by atoms with Gasteiger partial charge in [0, 0.05) is 34.3 Å². The molecule has 0 bridgehead atoms. The highest BCUT2D eigenvalue weighted by atomic mass is 19.1. The quantitative estimate of drug-likeness (QED) is 0.310. The molecular formula is C23H18FN3O8. The summed E-state index contributed by atoms with van der Waals surface area (Å²) < 4.78 is 34.0. The van der Waals surface area contributed by atoms with Crippen LogP contribution in [0.3, 0.4) is 0 Å². The highest BCUT2D eigenvalue weighted by Crippen LogP contribution is 2.22. The Bertz CT molecular complexity index is 1500. The summed E-state index contributed by atoms with van der Waals surface area (Å²) >= 11 is 0. The fourth-order valence-electron chi connectivity index (χ4n) is 3.15. The van der Waals surface area contributed by atoms with Gasteiger partial charge in [-0.15, -0.1) is 5.10 Å². The van der Waals surface area contributed by atoms with Crippen molar-refractivity contribution >= 4 is 28.7 Å². The van der Waals surface area contributed by atoms with Crippen molar-refractivity contribution in [3.05, 3.63) is 80.9 Å². The van der Waals surface area contributed by atoms with Gasteiger partial charge < -0.3 is 18.3 Å². The Labute approximate surface area is 195 Å². The first-order valence-corrected chi connectivity index (χ1v) is 10.3. The van der Waals surface area contributed by atoms with Crippen LogP contribution in [-0.2, 0) is 27.4 Å². The molecule has 4 rings (SSSR count). The van der Waals surface area contributed by atoms with Crippen molar-refractivity contribution in [2.75, 3.05) is 11.9 Å². The van der Waals surface area contributed by atoms with Crippen LogP contribution < -0.4 is 16.7 Å². The van der Waals surface area contributed by atoms with Gasteiger partial charge in [0.25, 0.3) is 0 Å². The number of nitrogens with zero attached hydrogens (tertiary/aromatic N) is 2. The number of rotatable bonds is 7. The van der Waals surface area contributed by atoms with Gasteiger partial charge in [0.1, 0.15) is 24.6 Å². The lowest BCUT2D eigenvalue weighted by molar-refractivity contribution is -0.146. The summed E-state index contributed by atoms with van der Waals surface area (Å²) in [6.07, 6.45) is -0.662. The number of carbonyl (C=O) groups is 2. The second-order valence-corrected chi connectivity index (χ2v) is 7.15. The zero-order chi connectivity index (χ0) is 24.9. The highest BCUT2D eigenvalue weighted by Gasteiger charge is 2.16. The van der Waals surface area contributed by atoms with E-state index in [0.29, 0.717) is 22.2 Å². The number of aromatic nitrogens is 2. The minimum Gasteiger partial charge on any atom is -0.459 e. The number of ether oxygens (including phenoxy) is 2. The first kappa shape index (κ1) is 23.4. The zero-order valence-electron chi connectivity index (χ0n) is 18.3. The fourth-order valence-corrected chi connectivity index (χ4v) is 3.15. The van der Waals surface area contributed by atoms with E-state index in [1.807, 2.05) is 0 Å². The molecule has 12 heteroatoms. The van der Waals surface area contributed by atoms with Crippen molar-refractivity contribution in [1.29, 1.82) is 0 Å². The molecule has 35 heavy (non-hydrogen) atoms. The first-order chi connectivity index (χ1) is 16.8. The Balaban J connectivity index is 1.46. The number of carbonyl (C=O) groups excluding carboxylic acids is 2. The predicted octanol–water partition coefficient (Wildman–Crippen LogP) is 3.06. The molecule has 0 saturated carbocycles. The molecule has 1 amide bonds. The summed E-state index contributed by atoms with van der Waals surface area (Å²) in [7, 11) is 0. The van der Waals surface area contributed by atoms with Crippen molar-refractivity contribution in [3.8, 4) is 11.5 Å². The molecule has 180 valence electrons. The lowest BCUT2D eigenvalue weighted by Crippen LogP contribution is -2.23. The Morgan fingerprint density at radius 1 is 1.06 bits per heavy atom. The molecule has 0 radical (unpaired) electrons. The maximum Gasteiger partial charge on any atom is 0.437 e. The maximum atomic E-state index is 13.1. The Hall–Kier alpha value is -4.74. The number of hydrogen-bond acceptors (Lipinski definition) is 9. The maximum absolute atomic E-state index is 13.1. The van der Waals surface area contributed by atoms with Crippen LogP contribution in [0.15, 0.2) is 67.0 Å². The summed E-state index contributed by atoms with van der Waals surface area (Å²) in [5, 5.41) is 6.89. The van der Waals surface area contributed by atoms with Gasteiger partial charge in [-0.3, -0.25) is 10.1 Å². The molecule has 4 aromatic rings. The van der Waals surface area contributed by atoms with Crippen LogP contribution in [0.5, 0.6) is 0 Å². The van der Waals surface area contributed by atoms with Crippen LogP contribution in [-0.4, -0.2) is 28.4 Å². The van der Waals surface area contributed by atoms with Gasteiger partial charge in [-0.1, -0.05) is 0 Å². The first-order valence-electron chi connectivity index (χ1n) is 10.3. The van der Waals surface area contributed by atoms with Gasteiger partial charge in [0.15, 0.2) is 0 Å². The Morgan fingerprint density at radius 2 is 1.83 bits per heavy atom. The van der Waals surface area contributed by atoms with E-state index >= 15 is 0 Å². The summed E-state index contributed by atoms with van der Waals surface area (Å²) in [5.41, 5.74) is 0.528. The number of hydrogen-bond donors (Lipinski definition) is 1. The number of benzene rings is 2. The molecule has 0 aliphatic rings. The standard InChI is InChI=1S/C23H18FN3O8/c1-2-32-22(30)25-16-7-8-17-14(9-19(28)34-18(17)10-16)12-33-20(29)11-27-23(31)35-21(26-27)13-3-5-15(24)6-4-13/h3-10H,2,11-12H2,1H3,(H,25,30). The van der Waals surface area contributed by atoms with Gasteiger partial charge >= 0.3 is 23.4 Å². The number of fused-ring (bicyclic) bond motifs is 1. The number of esters is 1. The second-order valence-electron chi connectivity index (χ2n) is 7.15. The number of nitrogens with one attached hydrogen (secondary N) is 1. The third kappa shape index (κ3) is 5.61. The number of amides is 1. The molecule has 0 aliphatic heterocycles. The predicted molar refractivity (Wildman–Crippen MR) is 119 cm³/mol. The molecule has 0 atom stereocenters. The molecule has 0 unspecified atom stereocenters. The normalized spacial score (nSPS) is 10.8. The largest absolute Gasteiger partial charge is 0.459 e. The third-order valence-corrected chi connectivity index (χ3v) is 4.72. The van der Waals surface area contributed by atoms with E-state index in [9.17, 15) is 23.6 Å². The van der Waals surface area contributed by atoms with Gasteiger partial charge in [-0.25, -0.2) is 18.8 Å². The summed E-state index contributed by atoms with van der Waals surface area (Å²) in [5.74, 6) is -2.25. The van der Waals surface area contributed by atoms with Crippen molar-refractivity contribution in [2.24, 2.45) is 0 Å². The molecule has 0 spiro atoms. The summed E-state index contributed by atoms with van der Waals surface area (Å²) in [4.78, 5) is 47.9. The van der Waals surface area contributed by atoms with E-state index < -0.39 is 35.8 Å². The van der Waals surface area contributed by atoms with E-state index in [2.05, 4.69) is 10.4 Å². The lowest BCUT2D eigenvalue weighted by Gasteiger charge is -2.09. The minimum absolute atomic E-state index is 0.0818. The molecule has 1 N–H and O–H groups in total. The zero-order valence-corrected chi connectivity index (χ0v) is 18.3. The molecule has 11 nitrogen and oxygen atoms in total. The van der Waals surface area contributed by atoms with E-state index in [1.54, 1.807) is 19.1 Å². The van der Waals surface area contributed by atoms with E-state index in [1.165, 1.54) is 36.4 Å². The molecule has 2 aromatic carbocycles. The van der Waals surface area contributed by atoms with Crippen molar-refractivity contribution in [2.45, 2.75) is 20.1 Å². The Morgan fingerprint density at radius 3 is 2.57 bits per heavy atom. The summed E-state index contributed by atoms with van der Waals surface area (Å²) in [6, 6.07) is 10.9. The SMILES string of the molecule is CCOC(=O)Nc1ccc2c(COC(=O)Cn3nc(-c4ccc(F)cc4)oc3=O)cc(=O)oc2c1. The van der Waals surface area contributed by atoms with Gasteiger partial charge in [0.2, 0.25) is 5.89 Å². The van der Waals surface area contributed by atoms with Gasteiger partial charge in [-0.2, -0.15) is 4.68 Å². The van der Waals surface area contributed by atoms with Gasteiger partial charge in [0.05, 0.1) is 6.61 Å². The molecule has 0 saturated heterocycles. The fraction of sp³-hybridized carbons (Fsp3) is 0.174. The minimum atomic E-state index is -0.895. The third-order valence-electron chi connectivity index (χ3n) is 4.72. The average Bonchev–Trinajstić information content (AvgIpc) is 3.17. The monoisotopic (exact) mass is 483 g/mol. The highest BCUT2D eigenvalue weighted by molar-refractivity contribution is 5.90. The van der Waals surface area contributed by atoms with Crippen LogP contribution in [0, 0.1) is 5.82 Å². The van der Waals surface area contributed by atoms with Crippen LogP contribution in [0.4, 0.5) is 14.9 Å². The summed E-state index contributed by atoms with van der Waals surface area (Å²) in [6.45, 7) is 1.02. The van der Waals surface area contributed by atoms with E-state index in [4.69, 9.17) is 18.3 Å². The molecule has 0 aliphatic carbocycles. The van der Waals surface area contributed by atoms with Crippen molar-refractivity contribution < 1.29 is 32.3 Å². The molecule has 2 heterocycles. The lowest BCUT2D eigenvalue weighted by atomic mass is 10.1. The Kier molecular flexibility index (Phi) is 6.71. The average molecular weight is 483 g/mol. The van der Waals surface area contributed by atoms with Crippen molar-refractivity contribution in [1.82, 2.24) is 9.78 Å². The van der Waals surface area contributed by atoms with E-state index in [0.717, 1.165) is 4.68 Å². The second kappa shape index (κ2) is 10.0.